The van der Waals surface area contributed by atoms with Crippen LogP contribution in [0.5, 0.6) is 0 Å². The van der Waals surface area contributed by atoms with Crippen LogP contribution in [0.2, 0.25) is 0 Å². The Morgan fingerprint density at radius 3 is 2.33 bits per heavy atom. The number of carbonyl (C=O) groups is 2. The van der Waals surface area contributed by atoms with Crippen molar-refractivity contribution in [1.29, 1.82) is 0 Å². The SMILES string of the molecule is COC(=O)/C=C1\C(=O)N(C2CCN(C3CCC(C(C)C)CC3)CC2)c2ccccc21. The number of benzene rings is 1. The second kappa shape index (κ2) is 8.93. The molecule has 0 atom stereocenters. The standard InChI is InChI=1S/C25H34N2O3/c1-17(2)18-8-10-19(11-9-18)26-14-12-20(13-15-26)27-23-7-5-4-6-21(23)22(25(27)29)16-24(28)30-3/h4-7,16-20H,8-15H2,1-3H3/b22-16-. The van der Waals surface area contributed by atoms with E-state index < -0.39 is 5.97 Å². The lowest BCUT2D eigenvalue weighted by Crippen LogP contribution is -2.49. The number of esters is 1. The van der Waals surface area contributed by atoms with Crippen LogP contribution in [0.25, 0.3) is 5.57 Å². The van der Waals surface area contributed by atoms with Crippen molar-refractivity contribution in [3.63, 3.8) is 0 Å². The van der Waals surface area contributed by atoms with Crippen LogP contribution < -0.4 is 4.90 Å². The molecule has 1 aliphatic carbocycles. The normalized spacial score (nSPS) is 27.0. The molecule has 1 aromatic rings. The van der Waals surface area contributed by atoms with Gasteiger partial charge in [-0.3, -0.25) is 4.79 Å². The monoisotopic (exact) mass is 410 g/mol. The maximum absolute atomic E-state index is 13.2. The summed E-state index contributed by atoms with van der Waals surface area (Å²) in [7, 11) is 1.34. The predicted octanol–water partition coefficient (Wildman–Crippen LogP) is 4.27. The first kappa shape index (κ1) is 21.1. The van der Waals surface area contributed by atoms with Gasteiger partial charge in [-0.15, -0.1) is 0 Å². The number of hydrogen-bond donors (Lipinski definition) is 0. The molecular weight excluding hydrogens is 376 g/mol. The fourth-order valence-electron chi connectivity index (χ4n) is 5.59. The molecule has 5 nitrogen and oxygen atoms in total. The maximum atomic E-state index is 13.2. The number of methoxy groups -OCH3 is 1. The van der Waals surface area contributed by atoms with Gasteiger partial charge in [0.05, 0.1) is 18.4 Å². The van der Waals surface area contributed by atoms with Crippen molar-refractivity contribution >= 4 is 23.1 Å². The number of para-hydroxylation sites is 1. The number of hydrogen-bond acceptors (Lipinski definition) is 4. The Bertz CT molecular complexity index is 815. The summed E-state index contributed by atoms with van der Waals surface area (Å²) < 4.78 is 4.77. The number of rotatable bonds is 4. The van der Waals surface area contributed by atoms with E-state index in [4.69, 9.17) is 4.74 Å². The van der Waals surface area contributed by atoms with Crippen molar-refractivity contribution in [1.82, 2.24) is 4.90 Å². The average molecular weight is 411 g/mol. The number of amides is 1. The Hall–Kier alpha value is -2.14. The Kier molecular flexibility index (Phi) is 6.28. The molecule has 0 N–H and O–H groups in total. The van der Waals surface area contributed by atoms with Crippen LogP contribution in [-0.2, 0) is 14.3 Å². The number of piperidine rings is 1. The first-order chi connectivity index (χ1) is 14.5. The zero-order valence-electron chi connectivity index (χ0n) is 18.5. The van der Waals surface area contributed by atoms with Crippen molar-refractivity contribution < 1.29 is 14.3 Å². The van der Waals surface area contributed by atoms with Crippen LogP contribution in [-0.4, -0.2) is 49.1 Å². The zero-order chi connectivity index (χ0) is 21.3. The largest absolute Gasteiger partial charge is 0.466 e. The molecule has 1 aromatic carbocycles. The number of likely N-dealkylation sites (tertiary alicyclic amines) is 1. The van der Waals surface area contributed by atoms with E-state index in [2.05, 4.69) is 18.7 Å². The summed E-state index contributed by atoms with van der Waals surface area (Å²) in [6.45, 7) is 6.79. The molecule has 0 unspecified atom stereocenters. The molecule has 2 heterocycles. The maximum Gasteiger partial charge on any atom is 0.331 e. The summed E-state index contributed by atoms with van der Waals surface area (Å²) in [5.41, 5.74) is 2.21. The lowest BCUT2D eigenvalue weighted by molar-refractivity contribution is -0.135. The lowest BCUT2D eigenvalue weighted by atomic mass is 9.79. The fraction of sp³-hybridized carbons (Fsp3) is 0.600. The summed E-state index contributed by atoms with van der Waals surface area (Å²) in [5.74, 6) is 1.13. The minimum absolute atomic E-state index is 0.0718. The average Bonchev–Trinajstić information content (AvgIpc) is 3.05. The van der Waals surface area contributed by atoms with Gasteiger partial charge >= 0.3 is 5.97 Å². The van der Waals surface area contributed by atoms with E-state index in [1.165, 1.54) is 38.9 Å². The third-order valence-corrected chi connectivity index (χ3v) is 7.43. The van der Waals surface area contributed by atoms with E-state index in [1.54, 1.807) is 0 Å². The number of carbonyl (C=O) groups excluding carboxylic acids is 2. The van der Waals surface area contributed by atoms with E-state index in [-0.39, 0.29) is 11.9 Å². The van der Waals surface area contributed by atoms with E-state index in [9.17, 15) is 9.59 Å². The molecule has 0 aromatic heterocycles. The van der Waals surface area contributed by atoms with E-state index >= 15 is 0 Å². The van der Waals surface area contributed by atoms with Crippen molar-refractivity contribution in [2.24, 2.45) is 11.8 Å². The highest BCUT2D eigenvalue weighted by atomic mass is 16.5. The molecule has 2 fully saturated rings. The van der Waals surface area contributed by atoms with Gasteiger partial charge in [0, 0.05) is 36.8 Å². The second-order valence-corrected chi connectivity index (χ2v) is 9.35. The Balaban J connectivity index is 1.43. The quantitative estimate of drug-likeness (QED) is 0.549. The Morgan fingerprint density at radius 1 is 1.03 bits per heavy atom. The molecule has 0 bridgehead atoms. The molecule has 1 saturated heterocycles. The molecule has 4 rings (SSSR count). The lowest BCUT2D eigenvalue weighted by Gasteiger charge is -2.43. The predicted molar refractivity (Wildman–Crippen MR) is 119 cm³/mol. The van der Waals surface area contributed by atoms with Gasteiger partial charge in [0.25, 0.3) is 5.91 Å². The van der Waals surface area contributed by atoms with Gasteiger partial charge in [-0.05, 0) is 56.4 Å². The topological polar surface area (TPSA) is 49.9 Å². The minimum Gasteiger partial charge on any atom is -0.466 e. The van der Waals surface area contributed by atoms with Crippen LogP contribution in [0.15, 0.2) is 30.3 Å². The van der Waals surface area contributed by atoms with Crippen LogP contribution in [0.4, 0.5) is 5.69 Å². The highest BCUT2D eigenvalue weighted by Gasteiger charge is 2.39. The molecular formula is C25H34N2O3. The third kappa shape index (κ3) is 4.04. The van der Waals surface area contributed by atoms with Crippen molar-refractivity contribution in [2.75, 3.05) is 25.1 Å². The van der Waals surface area contributed by atoms with Crippen molar-refractivity contribution in [3.05, 3.63) is 35.9 Å². The number of nitrogens with zero attached hydrogens (tertiary/aromatic N) is 2. The molecule has 1 saturated carbocycles. The highest BCUT2D eigenvalue weighted by Crippen LogP contribution is 2.40. The third-order valence-electron chi connectivity index (χ3n) is 7.43. The molecule has 5 heteroatoms. The smallest absolute Gasteiger partial charge is 0.331 e. The van der Waals surface area contributed by atoms with Gasteiger partial charge in [0.2, 0.25) is 0 Å². The first-order valence-corrected chi connectivity index (χ1v) is 11.5. The van der Waals surface area contributed by atoms with Crippen LogP contribution >= 0.6 is 0 Å². The van der Waals surface area contributed by atoms with Gasteiger partial charge in [-0.1, -0.05) is 32.0 Å². The zero-order valence-corrected chi connectivity index (χ0v) is 18.5. The molecule has 0 spiro atoms. The van der Waals surface area contributed by atoms with Gasteiger partial charge in [0.15, 0.2) is 0 Å². The summed E-state index contributed by atoms with van der Waals surface area (Å²) in [6.07, 6.45) is 8.62. The summed E-state index contributed by atoms with van der Waals surface area (Å²) >= 11 is 0. The summed E-state index contributed by atoms with van der Waals surface area (Å²) in [5, 5.41) is 0. The van der Waals surface area contributed by atoms with Crippen molar-refractivity contribution in [2.45, 2.75) is 64.5 Å². The summed E-state index contributed by atoms with van der Waals surface area (Å²) in [6, 6.07) is 8.68. The van der Waals surface area contributed by atoms with E-state index in [1.807, 2.05) is 29.2 Å². The Labute approximate surface area is 180 Å². The summed E-state index contributed by atoms with van der Waals surface area (Å²) in [4.78, 5) is 29.6. The van der Waals surface area contributed by atoms with Gasteiger partial charge < -0.3 is 14.5 Å². The molecule has 1 amide bonds. The van der Waals surface area contributed by atoms with Gasteiger partial charge in [-0.2, -0.15) is 0 Å². The van der Waals surface area contributed by atoms with Crippen molar-refractivity contribution in [3.8, 4) is 0 Å². The van der Waals surface area contributed by atoms with Crippen LogP contribution in [0.3, 0.4) is 0 Å². The highest BCUT2D eigenvalue weighted by molar-refractivity contribution is 6.34. The Morgan fingerprint density at radius 2 is 1.70 bits per heavy atom. The van der Waals surface area contributed by atoms with E-state index in [0.717, 1.165) is 49.0 Å². The van der Waals surface area contributed by atoms with Crippen LogP contribution in [0, 0.1) is 11.8 Å². The van der Waals surface area contributed by atoms with Gasteiger partial charge in [-0.25, -0.2) is 4.79 Å². The minimum atomic E-state index is -0.484. The first-order valence-electron chi connectivity index (χ1n) is 11.5. The molecule has 2 aliphatic heterocycles. The number of fused-ring (bicyclic) bond motifs is 1. The van der Waals surface area contributed by atoms with Crippen LogP contribution in [0.1, 0.15) is 57.9 Å². The molecule has 30 heavy (non-hydrogen) atoms. The number of anilines is 1. The number of ether oxygens (including phenoxy) is 1. The fourth-order valence-corrected chi connectivity index (χ4v) is 5.59. The molecule has 0 radical (unpaired) electrons. The van der Waals surface area contributed by atoms with Gasteiger partial charge in [0.1, 0.15) is 0 Å². The second-order valence-electron chi connectivity index (χ2n) is 9.35. The molecule has 162 valence electrons. The molecule has 3 aliphatic rings. The van der Waals surface area contributed by atoms with E-state index in [0.29, 0.717) is 11.6 Å².